The van der Waals surface area contributed by atoms with Crippen molar-refractivity contribution in [2.24, 2.45) is 5.73 Å². The second-order valence-electron chi connectivity index (χ2n) is 5.65. The van der Waals surface area contributed by atoms with Crippen LogP contribution in [0.25, 0.3) is 0 Å². The number of hydrogen-bond acceptors (Lipinski definition) is 3. The quantitative estimate of drug-likeness (QED) is 0.900. The van der Waals surface area contributed by atoms with Gasteiger partial charge in [0.25, 0.3) is 0 Å². The normalized spacial score (nSPS) is 18.3. The third-order valence-corrected chi connectivity index (χ3v) is 4.09. The molecule has 20 heavy (non-hydrogen) atoms. The van der Waals surface area contributed by atoms with Crippen molar-refractivity contribution in [1.29, 1.82) is 0 Å². The summed E-state index contributed by atoms with van der Waals surface area (Å²) in [5.41, 5.74) is 6.85. The lowest BCUT2D eigenvalue weighted by Crippen LogP contribution is -2.52. The van der Waals surface area contributed by atoms with Gasteiger partial charge in [0.2, 0.25) is 5.91 Å². The van der Waals surface area contributed by atoms with Crippen molar-refractivity contribution in [1.82, 2.24) is 9.80 Å². The molecule has 1 aromatic carbocycles. The highest BCUT2D eigenvalue weighted by Crippen LogP contribution is 2.18. The van der Waals surface area contributed by atoms with Crippen molar-refractivity contribution >= 4 is 5.91 Å². The van der Waals surface area contributed by atoms with E-state index < -0.39 is 0 Å². The molecule has 1 unspecified atom stereocenters. The van der Waals surface area contributed by atoms with Crippen LogP contribution >= 0.6 is 0 Å². The number of rotatable bonds is 4. The summed E-state index contributed by atoms with van der Waals surface area (Å²) in [4.78, 5) is 17.0. The van der Waals surface area contributed by atoms with Crippen LogP contribution in [0, 0.1) is 0 Å². The Bertz CT molecular complexity index is 425. The Morgan fingerprint density at radius 1 is 1.15 bits per heavy atom. The molecule has 0 radical (unpaired) electrons. The smallest absolute Gasteiger partial charge is 0.231 e. The molecule has 0 bridgehead atoms. The topological polar surface area (TPSA) is 49.6 Å². The lowest BCUT2D eigenvalue weighted by atomic mass is 9.97. The third-order valence-electron chi connectivity index (χ3n) is 4.09. The second kappa shape index (κ2) is 6.86. The summed E-state index contributed by atoms with van der Waals surface area (Å²) in [5, 5.41) is 0. The van der Waals surface area contributed by atoms with Crippen molar-refractivity contribution in [2.75, 3.05) is 32.7 Å². The van der Waals surface area contributed by atoms with Crippen molar-refractivity contribution in [3.05, 3.63) is 35.9 Å². The van der Waals surface area contributed by atoms with E-state index in [0.717, 1.165) is 31.7 Å². The van der Waals surface area contributed by atoms with Crippen LogP contribution in [0.15, 0.2) is 30.3 Å². The van der Waals surface area contributed by atoms with E-state index in [1.54, 1.807) is 0 Å². The van der Waals surface area contributed by atoms with Gasteiger partial charge in [0.1, 0.15) is 0 Å². The zero-order valence-electron chi connectivity index (χ0n) is 12.5. The predicted molar refractivity (Wildman–Crippen MR) is 81.5 cm³/mol. The molecule has 1 aromatic rings. The molecule has 1 saturated heterocycles. The van der Waals surface area contributed by atoms with Crippen LogP contribution in [-0.2, 0) is 4.79 Å². The third kappa shape index (κ3) is 3.38. The maximum atomic E-state index is 12.6. The molecule has 2 rings (SSSR count). The van der Waals surface area contributed by atoms with E-state index in [9.17, 15) is 4.79 Å². The molecule has 0 saturated carbocycles. The SMILES string of the molecule is CC(C)N1CCN(C(=O)C(CN)c2ccccc2)CC1. The number of carbonyl (C=O) groups is 1. The van der Waals surface area contributed by atoms with Crippen LogP contribution in [0.5, 0.6) is 0 Å². The van der Waals surface area contributed by atoms with Gasteiger partial charge >= 0.3 is 0 Å². The Balaban J connectivity index is 2.00. The zero-order valence-corrected chi connectivity index (χ0v) is 12.5. The average molecular weight is 275 g/mol. The van der Waals surface area contributed by atoms with Crippen LogP contribution in [0.3, 0.4) is 0 Å². The molecular weight excluding hydrogens is 250 g/mol. The minimum absolute atomic E-state index is 0.169. The molecule has 1 heterocycles. The number of piperazine rings is 1. The van der Waals surface area contributed by atoms with Crippen LogP contribution in [0.1, 0.15) is 25.3 Å². The van der Waals surface area contributed by atoms with E-state index in [4.69, 9.17) is 5.73 Å². The summed E-state index contributed by atoms with van der Waals surface area (Å²) in [7, 11) is 0. The fourth-order valence-corrected chi connectivity index (χ4v) is 2.74. The molecule has 2 N–H and O–H groups in total. The summed E-state index contributed by atoms with van der Waals surface area (Å²) in [6.45, 7) is 8.28. The number of benzene rings is 1. The Morgan fingerprint density at radius 2 is 1.75 bits per heavy atom. The average Bonchev–Trinajstić information content (AvgIpc) is 2.49. The van der Waals surface area contributed by atoms with Crippen LogP contribution in [0.4, 0.5) is 0 Å². The largest absolute Gasteiger partial charge is 0.340 e. The summed E-state index contributed by atoms with van der Waals surface area (Å²) < 4.78 is 0. The van der Waals surface area contributed by atoms with Gasteiger partial charge in [-0.05, 0) is 19.4 Å². The van der Waals surface area contributed by atoms with E-state index in [0.29, 0.717) is 12.6 Å². The standard InChI is InChI=1S/C16H25N3O/c1-13(2)18-8-10-19(11-9-18)16(20)15(12-17)14-6-4-3-5-7-14/h3-7,13,15H,8-12,17H2,1-2H3. The number of nitrogens with two attached hydrogens (primary N) is 1. The summed E-state index contributed by atoms with van der Waals surface area (Å²) >= 11 is 0. The van der Waals surface area contributed by atoms with Gasteiger partial charge in [-0.3, -0.25) is 9.69 Å². The first kappa shape index (κ1) is 15.0. The molecule has 1 amide bonds. The molecule has 1 aliphatic rings. The first-order valence-corrected chi connectivity index (χ1v) is 7.41. The fraction of sp³-hybridized carbons (Fsp3) is 0.562. The number of carbonyl (C=O) groups excluding carboxylic acids is 1. The van der Waals surface area contributed by atoms with Gasteiger partial charge in [-0.25, -0.2) is 0 Å². The minimum Gasteiger partial charge on any atom is -0.340 e. The molecule has 110 valence electrons. The van der Waals surface area contributed by atoms with Gasteiger partial charge in [-0.1, -0.05) is 30.3 Å². The number of nitrogens with zero attached hydrogens (tertiary/aromatic N) is 2. The van der Waals surface area contributed by atoms with Gasteiger partial charge in [0, 0.05) is 38.8 Å². The van der Waals surface area contributed by atoms with Gasteiger partial charge in [0.15, 0.2) is 0 Å². The van der Waals surface area contributed by atoms with E-state index >= 15 is 0 Å². The van der Waals surface area contributed by atoms with E-state index in [-0.39, 0.29) is 11.8 Å². The van der Waals surface area contributed by atoms with Gasteiger partial charge in [-0.15, -0.1) is 0 Å². The molecule has 1 aliphatic heterocycles. The van der Waals surface area contributed by atoms with Gasteiger partial charge < -0.3 is 10.6 Å². The highest BCUT2D eigenvalue weighted by molar-refractivity contribution is 5.84. The summed E-state index contributed by atoms with van der Waals surface area (Å²) in [6, 6.07) is 10.4. The minimum atomic E-state index is -0.207. The molecule has 1 fully saturated rings. The first-order valence-electron chi connectivity index (χ1n) is 7.41. The van der Waals surface area contributed by atoms with Crippen molar-refractivity contribution in [2.45, 2.75) is 25.8 Å². The van der Waals surface area contributed by atoms with Crippen LogP contribution in [0.2, 0.25) is 0 Å². The Morgan fingerprint density at radius 3 is 2.25 bits per heavy atom. The maximum absolute atomic E-state index is 12.6. The molecule has 4 heteroatoms. The van der Waals surface area contributed by atoms with Crippen molar-refractivity contribution in [3.8, 4) is 0 Å². The lowest BCUT2D eigenvalue weighted by Gasteiger charge is -2.38. The molecule has 0 aromatic heterocycles. The van der Waals surface area contributed by atoms with E-state index in [2.05, 4.69) is 18.7 Å². The fourth-order valence-electron chi connectivity index (χ4n) is 2.74. The molecule has 0 spiro atoms. The lowest BCUT2D eigenvalue weighted by molar-refractivity contribution is -0.134. The van der Waals surface area contributed by atoms with E-state index in [1.807, 2.05) is 35.2 Å². The highest BCUT2D eigenvalue weighted by atomic mass is 16.2. The highest BCUT2D eigenvalue weighted by Gasteiger charge is 2.28. The van der Waals surface area contributed by atoms with Crippen molar-refractivity contribution < 1.29 is 4.79 Å². The molecule has 4 nitrogen and oxygen atoms in total. The Hall–Kier alpha value is -1.39. The number of hydrogen-bond donors (Lipinski definition) is 1. The summed E-state index contributed by atoms with van der Waals surface area (Å²) in [6.07, 6.45) is 0. The van der Waals surface area contributed by atoms with Gasteiger partial charge in [0.05, 0.1) is 5.92 Å². The molecular formula is C16H25N3O. The molecule has 1 atom stereocenters. The molecule has 0 aliphatic carbocycles. The van der Waals surface area contributed by atoms with Crippen LogP contribution < -0.4 is 5.73 Å². The van der Waals surface area contributed by atoms with Crippen molar-refractivity contribution in [3.63, 3.8) is 0 Å². The summed E-state index contributed by atoms with van der Waals surface area (Å²) in [5.74, 6) is -0.0380. The number of amides is 1. The van der Waals surface area contributed by atoms with E-state index in [1.165, 1.54) is 0 Å². The Labute approximate surface area is 121 Å². The van der Waals surface area contributed by atoms with Crippen LogP contribution in [-0.4, -0.2) is 54.5 Å². The first-order chi connectivity index (χ1) is 9.63. The zero-order chi connectivity index (χ0) is 14.5. The monoisotopic (exact) mass is 275 g/mol. The predicted octanol–water partition coefficient (Wildman–Crippen LogP) is 1.28. The van der Waals surface area contributed by atoms with Gasteiger partial charge in [-0.2, -0.15) is 0 Å². The Kier molecular flexibility index (Phi) is 5.15. The maximum Gasteiger partial charge on any atom is 0.231 e. The second-order valence-corrected chi connectivity index (χ2v) is 5.65.